The Morgan fingerprint density at radius 2 is 1.61 bits per heavy atom. The molecule has 1 aromatic heterocycles. The Kier molecular flexibility index (Phi) is 9.60. The van der Waals surface area contributed by atoms with E-state index in [1.807, 2.05) is 34.9 Å². The van der Waals surface area contributed by atoms with Gasteiger partial charge >= 0.3 is 5.97 Å². The molecule has 1 saturated carbocycles. The standard InChI is InChI=1S/C33H44N2O6/c1-33(2,32(38)41-26-21-39-31(40-22-26)24-15-10-6-11-16-24)34-29(36)27-19-25-17-9-3-4-12-18-28(25)35(30(27)37)20-23-13-7-5-8-14-23/h6,10-11,15-16,19,23,26,31H,3-5,7-9,12-14,17-18,20-22H2,1-2H3,(H,34,36)/t26-,31-. The maximum absolute atomic E-state index is 13.8. The largest absolute Gasteiger partial charge is 0.456 e. The Bertz CT molecular complexity index is 1260. The van der Waals surface area contributed by atoms with E-state index < -0.39 is 29.8 Å². The summed E-state index contributed by atoms with van der Waals surface area (Å²) in [6.07, 6.45) is 10.9. The fourth-order valence-corrected chi connectivity index (χ4v) is 6.27. The van der Waals surface area contributed by atoms with Crippen LogP contribution in [0.4, 0.5) is 0 Å². The predicted molar refractivity (Wildman–Crippen MR) is 156 cm³/mol. The number of benzene rings is 1. The number of hydrogen-bond acceptors (Lipinski definition) is 6. The van der Waals surface area contributed by atoms with Gasteiger partial charge in [-0.1, -0.05) is 62.4 Å². The maximum atomic E-state index is 13.8. The monoisotopic (exact) mass is 564 g/mol. The minimum Gasteiger partial charge on any atom is -0.456 e. The molecular formula is C33H44N2O6. The zero-order chi connectivity index (χ0) is 28.8. The van der Waals surface area contributed by atoms with Crippen molar-refractivity contribution in [2.24, 2.45) is 5.92 Å². The SMILES string of the molecule is CC(C)(NC(=O)c1cc2c(n(CC3CCCCC3)c1=O)CCCCCC2)C(=O)O[C@H]1CO[C@H](c2ccccc2)OC1. The lowest BCUT2D eigenvalue weighted by molar-refractivity contribution is -0.231. The Morgan fingerprint density at radius 3 is 2.32 bits per heavy atom. The smallest absolute Gasteiger partial charge is 0.331 e. The number of esters is 1. The molecule has 2 fully saturated rings. The number of nitrogens with zero attached hydrogens (tertiary/aromatic N) is 1. The van der Waals surface area contributed by atoms with Crippen LogP contribution in [0.15, 0.2) is 41.2 Å². The molecule has 1 saturated heterocycles. The molecule has 2 aliphatic carbocycles. The summed E-state index contributed by atoms with van der Waals surface area (Å²) >= 11 is 0. The molecule has 222 valence electrons. The Morgan fingerprint density at radius 1 is 0.951 bits per heavy atom. The van der Waals surface area contributed by atoms with E-state index in [4.69, 9.17) is 14.2 Å². The molecule has 2 aromatic rings. The summed E-state index contributed by atoms with van der Waals surface area (Å²) in [5, 5.41) is 2.79. The van der Waals surface area contributed by atoms with Crippen molar-refractivity contribution in [3.05, 3.63) is 69.1 Å². The van der Waals surface area contributed by atoms with Gasteiger partial charge in [0.1, 0.15) is 17.2 Å². The normalized spacial score (nSPS) is 22.2. The second kappa shape index (κ2) is 13.3. The van der Waals surface area contributed by atoms with Gasteiger partial charge in [0, 0.05) is 17.8 Å². The molecule has 41 heavy (non-hydrogen) atoms. The van der Waals surface area contributed by atoms with Crippen LogP contribution in [-0.2, 0) is 38.4 Å². The van der Waals surface area contributed by atoms with E-state index in [1.165, 1.54) is 25.7 Å². The number of hydrogen-bond donors (Lipinski definition) is 1. The van der Waals surface area contributed by atoms with Crippen LogP contribution in [0.2, 0.25) is 0 Å². The lowest BCUT2D eigenvalue weighted by Crippen LogP contribution is -2.53. The highest BCUT2D eigenvalue weighted by Crippen LogP contribution is 2.28. The van der Waals surface area contributed by atoms with Crippen LogP contribution in [0.1, 0.15) is 105 Å². The molecule has 1 amide bonds. The second-order valence-electron chi connectivity index (χ2n) is 12.4. The number of ether oxygens (including phenoxy) is 3. The third-order valence-electron chi connectivity index (χ3n) is 8.66. The summed E-state index contributed by atoms with van der Waals surface area (Å²) in [7, 11) is 0. The van der Waals surface area contributed by atoms with Crippen molar-refractivity contribution < 1.29 is 23.8 Å². The van der Waals surface area contributed by atoms with Gasteiger partial charge in [0.25, 0.3) is 11.5 Å². The first kappa shape index (κ1) is 29.5. The first-order chi connectivity index (χ1) is 19.8. The van der Waals surface area contributed by atoms with Gasteiger partial charge in [0.05, 0.1) is 13.2 Å². The van der Waals surface area contributed by atoms with Crippen LogP contribution >= 0.6 is 0 Å². The number of nitrogens with one attached hydrogen (secondary N) is 1. The highest BCUT2D eigenvalue weighted by atomic mass is 16.7. The number of amides is 1. The first-order valence-electron chi connectivity index (χ1n) is 15.4. The van der Waals surface area contributed by atoms with Crippen molar-refractivity contribution in [3.8, 4) is 0 Å². The molecule has 0 spiro atoms. The molecule has 0 radical (unpaired) electrons. The van der Waals surface area contributed by atoms with Crippen molar-refractivity contribution in [1.82, 2.24) is 9.88 Å². The summed E-state index contributed by atoms with van der Waals surface area (Å²) in [4.78, 5) is 40.6. The molecule has 0 unspecified atom stereocenters. The van der Waals surface area contributed by atoms with Gasteiger partial charge in [-0.15, -0.1) is 0 Å². The molecule has 1 aromatic carbocycles. The molecule has 1 aliphatic heterocycles. The molecule has 5 rings (SSSR count). The van der Waals surface area contributed by atoms with Crippen molar-refractivity contribution in [2.45, 2.75) is 109 Å². The average Bonchev–Trinajstić information content (AvgIpc) is 2.96. The zero-order valence-corrected chi connectivity index (χ0v) is 24.5. The van der Waals surface area contributed by atoms with Gasteiger partial charge in [-0.3, -0.25) is 9.59 Å². The molecule has 0 atom stereocenters. The quantitative estimate of drug-likeness (QED) is 0.462. The zero-order valence-electron chi connectivity index (χ0n) is 24.5. The van der Waals surface area contributed by atoms with Gasteiger partial charge in [0.15, 0.2) is 6.29 Å². The van der Waals surface area contributed by atoms with E-state index in [-0.39, 0.29) is 24.3 Å². The van der Waals surface area contributed by atoms with Crippen LogP contribution in [-0.4, -0.2) is 41.3 Å². The third kappa shape index (κ3) is 7.28. The van der Waals surface area contributed by atoms with E-state index in [0.717, 1.165) is 61.8 Å². The Balaban J connectivity index is 1.28. The number of carbonyl (C=O) groups excluding carboxylic acids is 2. The van der Waals surface area contributed by atoms with Crippen LogP contribution in [0.5, 0.6) is 0 Å². The lowest BCUT2D eigenvalue weighted by Gasteiger charge is -2.32. The fraction of sp³-hybridized carbons (Fsp3) is 0.606. The van der Waals surface area contributed by atoms with Gasteiger partial charge < -0.3 is 24.1 Å². The van der Waals surface area contributed by atoms with Gasteiger partial charge in [-0.05, 0) is 69.9 Å². The van der Waals surface area contributed by atoms with Crippen LogP contribution in [0.3, 0.4) is 0 Å². The molecular weight excluding hydrogens is 520 g/mol. The summed E-state index contributed by atoms with van der Waals surface area (Å²) < 4.78 is 19.1. The second-order valence-corrected chi connectivity index (χ2v) is 12.4. The summed E-state index contributed by atoms with van der Waals surface area (Å²) in [5.41, 5.74) is 1.60. The van der Waals surface area contributed by atoms with E-state index in [1.54, 1.807) is 19.9 Å². The number of carbonyl (C=O) groups is 2. The highest BCUT2D eigenvalue weighted by Gasteiger charge is 2.36. The molecule has 8 heteroatoms. The van der Waals surface area contributed by atoms with E-state index >= 15 is 0 Å². The van der Waals surface area contributed by atoms with Gasteiger partial charge in [-0.2, -0.15) is 0 Å². The highest BCUT2D eigenvalue weighted by molar-refractivity contribution is 5.97. The summed E-state index contributed by atoms with van der Waals surface area (Å²) in [6, 6.07) is 11.4. The van der Waals surface area contributed by atoms with E-state index in [9.17, 15) is 14.4 Å². The first-order valence-corrected chi connectivity index (χ1v) is 15.4. The molecule has 2 heterocycles. The molecule has 8 nitrogen and oxygen atoms in total. The topological polar surface area (TPSA) is 95.9 Å². The number of aryl methyl sites for hydroxylation is 1. The number of pyridine rings is 1. The third-order valence-corrected chi connectivity index (χ3v) is 8.66. The van der Waals surface area contributed by atoms with Crippen molar-refractivity contribution in [1.29, 1.82) is 0 Å². The van der Waals surface area contributed by atoms with Crippen molar-refractivity contribution in [2.75, 3.05) is 13.2 Å². The Hall–Kier alpha value is -2.97. The molecule has 1 N–H and O–H groups in total. The molecule has 3 aliphatic rings. The molecule has 0 bridgehead atoms. The lowest BCUT2D eigenvalue weighted by atomic mass is 9.88. The van der Waals surface area contributed by atoms with Crippen LogP contribution in [0, 0.1) is 5.92 Å². The average molecular weight is 565 g/mol. The fourth-order valence-electron chi connectivity index (χ4n) is 6.27. The van der Waals surface area contributed by atoms with Gasteiger partial charge in [0.2, 0.25) is 0 Å². The number of fused-ring (bicyclic) bond motifs is 1. The Labute approximate surface area is 242 Å². The summed E-state index contributed by atoms with van der Waals surface area (Å²) in [6.45, 7) is 4.23. The van der Waals surface area contributed by atoms with Crippen LogP contribution < -0.4 is 10.9 Å². The number of aromatic nitrogens is 1. The maximum Gasteiger partial charge on any atom is 0.331 e. The van der Waals surface area contributed by atoms with E-state index in [2.05, 4.69) is 5.32 Å². The predicted octanol–water partition coefficient (Wildman–Crippen LogP) is 5.25. The number of rotatable bonds is 7. The van der Waals surface area contributed by atoms with E-state index in [0.29, 0.717) is 12.5 Å². The minimum atomic E-state index is -1.35. The summed E-state index contributed by atoms with van der Waals surface area (Å²) in [5.74, 6) is -0.684. The van der Waals surface area contributed by atoms with Crippen LogP contribution in [0.25, 0.3) is 0 Å². The minimum absolute atomic E-state index is 0.107. The van der Waals surface area contributed by atoms with Crippen molar-refractivity contribution in [3.63, 3.8) is 0 Å². The van der Waals surface area contributed by atoms with Gasteiger partial charge in [-0.25, -0.2) is 4.79 Å². The van der Waals surface area contributed by atoms with Crippen molar-refractivity contribution >= 4 is 11.9 Å².